The first-order chi connectivity index (χ1) is 12.2. The monoisotopic (exact) mass is 382 g/mol. The van der Waals surface area contributed by atoms with Crippen LogP contribution in [0.4, 0.5) is 21.9 Å². The topological polar surface area (TPSA) is 179 Å². The van der Waals surface area contributed by atoms with E-state index in [4.69, 9.17) is 11.5 Å². The largest absolute Gasteiger partial charge is 0.505 e. The Hall–Kier alpha value is -3.22. The van der Waals surface area contributed by atoms with E-state index >= 15 is 0 Å². The number of amides is 2. The highest BCUT2D eigenvalue weighted by molar-refractivity contribution is 7.67. The van der Waals surface area contributed by atoms with Crippen molar-refractivity contribution in [2.45, 2.75) is 6.23 Å². The summed E-state index contributed by atoms with van der Waals surface area (Å²) >= 11 is 0. The van der Waals surface area contributed by atoms with Gasteiger partial charge in [-0.25, -0.2) is 17.4 Å². The van der Waals surface area contributed by atoms with Crippen molar-refractivity contribution in [2.75, 3.05) is 4.90 Å². The van der Waals surface area contributed by atoms with Gasteiger partial charge in [0, 0.05) is 11.6 Å². The molecular weight excluding hydrogens is 368 g/mol. The number of nitrogens with two attached hydrogens (primary N) is 2. The summed E-state index contributed by atoms with van der Waals surface area (Å²) in [5, 5.41) is 20.9. The molecule has 1 atom stereocenters. The first-order valence-electron chi connectivity index (χ1n) is 6.95. The predicted octanol–water partition coefficient (Wildman–Crippen LogP) is 1.02. The summed E-state index contributed by atoms with van der Waals surface area (Å²) in [5.41, 5.74) is 10.6. The van der Waals surface area contributed by atoms with Crippen molar-refractivity contribution in [3.63, 3.8) is 0 Å². The molecule has 12 heteroatoms. The number of rotatable bonds is 6. The fraction of sp³-hybridized carbons (Fsp3) is 0.0714. The van der Waals surface area contributed by atoms with Gasteiger partial charge in [-0.15, -0.1) is 0 Å². The summed E-state index contributed by atoms with van der Waals surface area (Å²) < 4.78 is 26.0. The Labute approximate surface area is 148 Å². The molecule has 0 aliphatic rings. The molecule has 0 aromatic heterocycles. The molecule has 0 aliphatic carbocycles. The number of thiol groups is 1. The Morgan fingerprint density at radius 1 is 1.23 bits per heavy atom. The minimum Gasteiger partial charge on any atom is -0.505 e. The number of benzene rings is 2. The van der Waals surface area contributed by atoms with Crippen molar-refractivity contribution in [3.05, 3.63) is 58.1 Å². The third kappa shape index (κ3) is 4.05. The van der Waals surface area contributed by atoms with Gasteiger partial charge in [0.2, 0.25) is 0 Å². The van der Waals surface area contributed by atoms with Crippen LogP contribution in [0.25, 0.3) is 0 Å². The number of nitrogens with zero attached hydrogens (tertiary/aromatic N) is 2. The molecule has 2 aromatic rings. The van der Waals surface area contributed by atoms with Crippen LogP contribution < -0.4 is 16.4 Å². The maximum absolute atomic E-state index is 12.0. The minimum absolute atomic E-state index is 0.0357. The summed E-state index contributed by atoms with van der Waals surface area (Å²) in [4.78, 5) is 22.9. The van der Waals surface area contributed by atoms with E-state index in [0.717, 1.165) is 23.1 Å². The Morgan fingerprint density at radius 3 is 2.42 bits per heavy atom. The van der Waals surface area contributed by atoms with Crippen molar-refractivity contribution < 1.29 is 27.4 Å². The van der Waals surface area contributed by atoms with Gasteiger partial charge < -0.3 is 16.6 Å². The van der Waals surface area contributed by atoms with E-state index < -0.39 is 39.6 Å². The summed E-state index contributed by atoms with van der Waals surface area (Å²) in [6.45, 7) is 0. The lowest BCUT2D eigenvalue weighted by molar-refractivity contribution is -0.384. The van der Waals surface area contributed by atoms with Crippen LogP contribution in [-0.2, 0) is 15.2 Å². The molecule has 5 N–H and O–H groups in total. The number of nitro groups is 1. The molecule has 2 rings (SSSR count). The summed E-state index contributed by atoms with van der Waals surface area (Å²) in [7, 11) is -3.27. The lowest BCUT2D eigenvalue weighted by Crippen LogP contribution is -2.33. The van der Waals surface area contributed by atoms with Crippen LogP contribution in [0.3, 0.4) is 0 Å². The number of aromatic hydroxyl groups is 1. The van der Waals surface area contributed by atoms with Crippen LogP contribution in [0.1, 0.15) is 11.8 Å². The highest BCUT2D eigenvalue weighted by Gasteiger charge is 2.25. The highest BCUT2D eigenvalue weighted by Crippen LogP contribution is 2.38. The smallest absolute Gasteiger partial charge is 0.324 e. The van der Waals surface area contributed by atoms with Gasteiger partial charge in [-0.1, -0.05) is 18.2 Å². The molecule has 0 bridgehead atoms. The molecule has 2 amide bonds. The van der Waals surface area contributed by atoms with Crippen LogP contribution >= 0.6 is 0 Å². The van der Waals surface area contributed by atoms with Crippen LogP contribution in [0, 0.1) is 10.1 Å². The van der Waals surface area contributed by atoms with E-state index in [9.17, 15) is 28.4 Å². The fourth-order valence-corrected chi connectivity index (χ4v) is 2.56. The Morgan fingerprint density at radius 2 is 1.88 bits per heavy atom. The molecule has 0 fully saturated rings. The Kier molecular flexibility index (Phi) is 5.71. The van der Waals surface area contributed by atoms with Gasteiger partial charge in [-0.3, -0.25) is 15.0 Å². The zero-order chi connectivity index (χ0) is 19.4. The molecule has 11 nitrogen and oxygen atoms in total. The summed E-state index contributed by atoms with van der Waals surface area (Å²) in [6, 6.07) is 7.82. The van der Waals surface area contributed by atoms with Gasteiger partial charge in [0.1, 0.15) is 5.75 Å². The van der Waals surface area contributed by atoms with E-state index in [0.29, 0.717) is 0 Å². The molecule has 0 heterocycles. The van der Waals surface area contributed by atoms with Gasteiger partial charge in [0.15, 0.2) is 6.23 Å². The SMILES string of the molecule is NC(=O)N(c1ccc([N+](=O)[O-])cc1O)c1ccccc1C(N)O[SH](=O)=O. The maximum atomic E-state index is 12.0. The average molecular weight is 382 g/mol. The fourth-order valence-electron chi connectivity index (χ4n) is 2.26. The normalized spacial score (nSPS) is 11.9. The van der Waals surface area contributed by atoms with Gasteiger partial charge in [-0.05, 0) is 12.1 Å². The Bertz CT molecular complexity index is 923. The molecule has 0 saturated carbocycles. The van der Waals surface area contributed by atoms with Gasteiger partial charge >= 0.3 is 6.03 Å². The average Bonchev–Trinajstić information content (AvgIpc) is 2.55. The number of phenolic OH excluding ortho intramolecular Hbond substituents is 1. The van der Waals surface area contributed by atoms with Crippen LogP contribution in [-0.4, -0.2) is 24.5 Å². The summed E-state index contributed by atoms with van der Waals surface area (Å²) in [5.74, 6) is -0.586. The highest BCUT2D eigenvalue weighted by atomic mass is 32.2. The van der Waals surface area contributed by atoms with E-state index in [1.807, 2.05) is 0 Å². The van der Waals surface area contributed by atoms with Gasteiger partial charge in [-0.2, -0.15) is 0 Å². The van der Waals surface area contributed by atoms with Gasteiger partial charge in [0.05, 0.1) is 22.4 Å². The second-order valence-electron chi connectivity index (χ2n) is 4.91. The van der Waals surface area contributed by atoms with Gasteiger partial charge in [0.25, 0.3) is 16.7 Å². The molecule has 2 aromatic carbocycles. The van der Waals surface area contributed by atoms with E-state index in [1.165, 1.54) is 24.3 Å². The van der Waals surface area contributed by atoms with Crippen molar-refractivity contribution in [1.82, 2.24) is 0 Å². The van der Waals surface area contributed by atoms with Crippen molar-refractivity contribution in [1.29, 1.82) is 0 Å². The second kappa shape index (κ2) is 7.77. The van der Waals surface area contributed by atoms with Crippen molar-refractivity contribution in [3.8, 4) is 5.75 Å². The molecule has 0 aliphatic heterocycles. The molecule has 26 heavy (non-hydrogen) atoms. The van der Waals surface area contributed by atoms with Crippen LogP contribution in [0.2, 0.25) is 0 Å². The molecular formula is C14H14N4O7S. The van der Waals surface area contributed by atoms with E-state index in [-0.39, 0.29) is 16.9 Å². The third-order valence-electron chi connectivity index (χ3n) is 3.31. The number of urea groups is 1. The number of nitro benzene ring substituents is 1. The number of carbonyl (C=O) groups excluding carboxylic acids is 1. The number of phenols is 1. The minimum atomic E-state index is -3.27. The zero-order valence-corrected chi connectivity index (χ0v) is 13.9. The number of para-hydroxylation sites is 1. The van der Waals surface area contributed by atoms with Crippen molar-refractivity contribution >= 4 is 34.1 Å². The maximum Gasteiger partial charge on any atom is 0.324 e. The molecule has 0 radical (unpaired) electrons. The van der Waals surface area contributed by atoms with Crippen LogP contribution in [0.5, 0.6) is 5.75 Å². The van der Waals surface area contributed by atoms with E-state index in [1.54, 1.807) is 0 Å². The molecule has 0 spiro atoms. The lowest BCUT2D eigenvalue weighted by Gasteiger charge is -2.25. The molecule has 138 valence electrons. The predicted molar refractivity (Wildman–Crippen MR) is 91.3 cm³/mol. The van der Waals surface area contributed by atoms with Crippen LogP contribution in [0.15, 0.2) is 42.5 Å². The lowest BCUT2D eigenvalue weighted by atomic mass is 10.1. The standard InChI is InChI=1S/C14H14N4O7S/c15-13(25-26(23)24)9-3-1-2-4-10(9)17(14(16)20)11-6-5-8(18(21)22)7-12(11)19/h1-7,13,19,26H,15H2,(H2,16,20). The Balaban J connectivity index is 2.59. The number of primary amides is 1. The van der Waals surface area contributed by atoms with Crippen molar-refractivity contribution in [2.24, 2.45) is 11.5 Å². The molecule has 0 saturated heterocycles. The quantitative estimate of drug-likeness (QED) is 0.247. The number of non-ortho nitro benzene ring substituents is 1. The third-order valence-corrected chi connectivity index (χ3v) is 3.71. The first-order valence-corrected chi connectivity index (χ1v) is 8.04. The number of hydrogen-bond donors (Lipinski definition) is 4. The second-order valence-corrected chi connectivity index (χ2v) is 5.57. The molecule has 1 unspecified atom stereocenters. The first kappa shape index (κ1) is 19.1. The zero-order valence-electron chi connectivity index (χ0n) is 13.0. The number of hydrogen-bond acceptors (Lipinski definition) is 8. The van der Waals surface area contributed by atoms with E-state index in [2.05, 4.69) is 4.18 Å². The number of anilines is 2. The summed E-state index contributed by atoms with van der Waals surface area (Å²) in [6.07, 6.45) is -1.44. The number of carbonyl (C=O) groups is 1.